The maximum Gasteiger partial charge on any atom is 0.348 e. The number of carboxylic acids is 1. The monoisotopic (exact) mass is 629 g/mol. The van der Waals surface area contributed by atoms with E-state index < -0.39 is 77.9 Å². The number of hydrogen-bond acceptors (Lipinski definition) is 12. The average Bonchev–Trinajstić information content (AvgIpc) is 3.42. The van der Waals surface area contributed by atoms with Crippen molar-refractivity contribution in [1.82, 2.24) is 9.88 Å². The van der Waals surface area contributed by atoms with Crippen molar-refractivity contribution in [2.75, 3.05) is 13.6 Å². The van der Waals surface area contributed by atoms with E-state index in [2.05, 4.69) is 9.98 Å². The quantitative estimate of drug-likeness (QED) is 0.133. The highest BCUT2D eigenvalue weighted by Gasteiger charge is 2.52. The van der Waals surface area contributed by atoms with Crippen LogP contribution in [0.2, 0.25) is 0 Å². The number of hydrogen-bond donors (Lipinski definition) is 7. The molecule has 238 valence electrons. The molecule has 0 radical (unpaired) electrons. The summed E-state index contributed by atoms with van der Waals surface area (Å²) >= 11 is 0. The number of aromatic nitrogens is 1. The molecule has 1 fully saturated rings. The number of phenols is 1. The van der Waals surface area contributed by atoms with Crippen molar-refractivity contribution in [2.24, 2.45) is 10.7 Å². The number of aromatic hydroxyl groups is 1. The summed E-state index contributed by atoms with van der Waals surface area (Å²) < 4.78 is 47.5. The van der Waals surface area contributed by atoms with E-state index in [9.17, 15) is 34.7 Å². The maximum absolute atomic E-state index is 15.6. The van der Waals surface area contributed by atoms with Crippen molar-refractivity contribution in [1.29, 1.82) is 5.41 Å². The van der Waals surface area contributed by atoms with Gasteiger partial charge in [-0.3, -0.25) is 15.3 Å². The smallest absolute Gasteiger partial charge is 0.348 e. The van der Waals surface area contributed by atoms with Crippen LogP contribution in [0.1, 0.15) is 30.1 Å². The third-order valence-corrected chi connectivity index (χ3v) is 7.45. The molecule has 3 unspecified atom stereocenters. The van der Waals surface area contributed by atoms with E-state index in [1.54, 1.807) is 18.2 Å². The van der Waals surface area contributed by atoms with Crippen molar-refractivity contribution in [3.8, 4) is 34.6 Å². The van der Waals surface area contributed by atoms with Gasteiger partial charge in [0, 0.05) is 36.7 Å². The Labute approximate surface area is 254 Å². The topological polar surface area (TPSA) is 224 Å². The van der Waals surface area contributed by atoms with E-state index >= 15 is 4.39 Å². The number of aliphatic hydroxyl groups excluding tert-OH is 3. The Morgan fingerprint density at radius 1 is 1.09 bits per heavy atom. The lowest BCUT2D eigenvalue weighted by molar-refractivity contribution is -0.181. The van der Waals surface area contributed by atoms with Gasteiger partial charge in [0.2, 0.25) is 17.2 Å². The molecule has 1 aromatic heterocycles. The van der Waals surface area contributed by atoms with Gasteiger partial charge in [-0.05, 0) is 43.4 Å². The van der Waals surface area contributed by atoms with E-state index in [1.165, 1.54) is 36.4 Å². The molecule has 1 saturated carbocycles. The number of halogens is 2. The number of benzene rings is 2. The first kappa shape index (κ1) is 31.5. The normalized spacial score (nSPS) is 24.8. The van der Waals surface area contributed by atoms with E-state index in [1.807, 2.05) is 0 Å². The lowest BCUT2D eigenvalue weighted by Gasteiger charge is -2.40. The highest BCUT2D eigenvalue weighted by molar-refractivity contribution is 5.95. The van der Waals surface area contributed by atoms with Gasteiger partial charge in [0.15, 0.2) is 17.3 Å². The second-order valence-electron chi connectivity index (χ2n) is 10.6. The number of phenolic OH excluding ortho intramolecular Hbond substituents is 1. The molecule has 0 amide bonds. The number of carbonyl (C=O) groups is 1. The number of amidine groups is 1. The molecule has 3 aromatic rings. The van der Waals surface area contributed by atoms with Gasteiger partial charge in [0.1, 0.15) is 29.6 Å². The summed E-state index contributed by atoms with van der Waals surface area (Å²) in [5.74, 6) is -6.98. The molecule has 5 rings (SSSR count). The van der Waals surface area contributed by atoms with Crippen LogP contribution in [-0.2, 0) is 4.79 Å². The number of nitrogens with one attached hydrogen (secondary N) is 1. The minimum Gasteiger partial charge on any atom is -0.504 e. The lowest BCUT2D eigenvalue weighted by atomic mass is 9.79. The zero-order valence-corrected chi connectivity index (χ0v) is 23.6. The van der Waals surface area contributed by atoms with Gasteiger partial charge in [-0.25, -0.2) is 14.2 Å². The van der Waals surface area contributed by atoms with Crippen LogP contribution in [0.15, 0.2) is 47.6 Å². The predicted molar refractivity (Wildman–Crippen MR) is 152 cm³/mol. The molecular formula is C29H29F2N5O9. The van der Waals surface area contributed by atoms with Crippen LogP contribution in [0.25, 0.3) is 0 Å². The largest absolute Gasteiger partial charge is 0.504 e. The summed E-state index contributed by atoms with van der Waals surface area (Å²) in [6.45, 7) is 0.406. The van der Waals surface area contributed by atoms with Crippen LogP contribution in [0.3, 0.4) is 0 Å². The number of pyridine rings is 1. The summed E-state index contributed by atoms with van der Waals surface area (Å²) in [5, 5.41) is 58.0. The SMILES string of the molecule is CN1CC=NC1c1cc(OC2(C(=O)O)CC(O)C(O)C(O)C2)ccc1Oc1c(F)cnc(Oc2cc(C(=N)N)ccc2O)c1F. The fourth-order valence-corrected chi connectivity index (χ4v) is 5.05. The molecule has 8 N–H and O–H groups in total. The number of nitrogens with two attached hydrogens (primary N) is 1. The van der Waals surface area contributed by atoms with Crippen molar-refractivity contribution in [3.63, 3.8) is 0 Å². The van der Waals surface area contributed by atoms with Crippen molar-refractivity contribution in [3.05, 3.63) is 65.4 Å². The van der Waals surface area contributed by atoms with Crippen LogP contribution in [0.4, 0.5) is 8.78 Å². The van der Waals surface area contributed by atoms with Gasteiger partial charge in [-0.1, -0.05) is 0 Å². The standard InChI is InChI=1S/C29H29F2N5O9/c1-36-7-6-34-26(36)15-9-14(45-29(28(41)42)10-18(38)23(40)19(39)11-29)3-5-20(15)43-24-16(30)12-35-27(22(24)31)44-21-8-13(25(32)33)2-4-17(21)37/h2-6,8-9,12,18-19,23,26,37-40H,7,10-11H2,1H3,(H3,32,33)(H,41,42). The first-order chi connectivity index (χ1) is 21.3. The van der Waals surface area contributed by atoms with Gasteiger partial charge in [-0.15, -0.1) is 0 Å². The number of nitrogen functional groups attached to an aromatic ring is 1. The average molecular weight is 630 g/mol. The Bertz CT molecular complexity index is 1660. The van der Waals surface area contributed by atoms with Crippen molar-refractivity contribution < 1.29 is 53.3 Å². The molecule has 1 aliphatic heterocycles. The minimum absolute atomic E-state index is 0.0495. The van der Waals surface area contributed by atoms with Gasteiger partial charge in [-0.2, -0.15) is 4.39 Å². The lowest BCUT2D eigenvalue weighted by Crippen LogP contribution is -2.58. The molecule has 2 aliphatic rings. The molecule has 0 spiro atoms. The van der Waals surface area contributed by atoms with Gasteiger partial charge < -0.3 is 45.5 Å². The van der Waals surface area contributed by atoms with Gasteiger partial charge in [0.25, 0.3) is 5.88 Å². The van der Waals surface area contributed by atoms with Crippen molar-refractivity contribution >= 4 is 18.0 Å². The molecule has 45 heavy (non-hydrogen) atoms. The van der Waals surface area contributed by atoms with Gasteiger partial charge >= 0.3 is 5.97 Å². The van der Waals surface area contributed by atoms with Crippen molar-refractivity contribution in [2.45, 2.75) is 42.9 Å². The fraction of sp³-hybridized carbons (Fsp3) is 0.310. The predicted octanol–water partition coefficient (Wildman–Crippen LogP) is 2.03. The molecule has 1 aliphatic carbocycles. The molecular weight excluding hydrogens is 600 g/mol. The Kier molecular flexibility index (Phi) is 8.57. The number of aliphatic carboxylic acids is 1. The summed E-state index contributed by atoms with van der Waals surface area (Å²) in [6.07, 6.45) is -4.30. The first-order valence-corrected chi connectivity index (χ1v) is 13.5. The molecule has 0 saturated heterocycles. The summed E-state index contributed by atoms with van der Waals surface area (Å²) in [6, 6.07) is 7.58. The number of carboxylic acid groups (broad SMARTS) is 1. The number of ether oxygens (including phenoxy) is 3. The summed E-state index contributed by atoms with van der Waals surface area (Å²) in [7, 11) is 1.71. The van der Waals surface area contributed by atoms with E-state index in [0.29, 0.717) is 12.7 Å². The molecule has 14 nitrogen and oxygen atoms in total. The van der Waals surface area contributed by atoms with Crippen LogP contribution >= 0.6 is 0 Å². The Balaban J connectivity index is 1.50. The van der Waals surface area contributed by atoms with Crippen LogP contribution in [0, 0.1) is 17.0 Å². The van der Waals surface area contributed by atoms with E-state index in [0.717, 1.165) is 0 Å². The Morgan fingerprint density at radius 2 is 1.80 bits per heavy atom. The van der Waals surface area contributed by atoms with E-state index in [-0.39, 0.29) is 34.2 Å². The third kappa shape index (κ3) is 6.21. The molecule has 3 atom stereocenters. The Morgan fingerprint density at radius 3 is 2.42 bits per heavy atom. The maximum atomic E-state index is 15.6. The fourth-order valence-electron chi connectivity index (χ4n) is 5.05. The van der Waals surface area contributed by atoms with Crippen LogP contribution in [0.5, 0.6) is 34.6 Å². The highest BCUT2D eigenvalue weighted by atomic mass is 19.1. The summed E-state index contributed by atoms with van der Waals surface area (Å²) in [4.78, 5) is 22.0. The van der Waals surface area contributed by atoms with E-state index in [4.69, 9.17) is 25.4 Å². The van der Waals surface area contributed by atoms with Crippen LogP contribution in [-0.4, -0.2) is 90.9 Å². The highest BCUT2D eigenvalue weighted by Crippen LogP contribution is 2.42. The van der Waals surface area contributed by atoms with Gasteiger partial charge in [0.05, 0.1) is 18.4 Å². The minimum atomic E-state index is -2.11. The number of rotatable bonds is 9. The number of aliphatic hydroxyl groups is 3. The number of aliphatic imine (C=N–C) groups is 1. The zero-order valence-electron chi connectivity index (χ0n) is 23.6. The second kappa shape index (κ2) is 12.2. The Hall–Kier alpha value is -4.90. The molecule has 2 aromatic carbocycles. The molecule has 0 bridgehead atoms. The van der Waals surface area contributed by atoms with Crippen LogP contribution < -0.4 is 19.9 Å². The number of nitrogens with zero attached hydrogens (tertiary/aromatic N) is 3. The molecule has 16 heteroatoms. The first-order valence-electron chi connectivity index (χ1n) is 13.5. The zero-order chi connectivity index (χ0) is 32.6. The second-order valence-corrected chi connectivity index (χ2v) is 10.6. The summed E-state index contributed by atoms with van der Waals surface area (Å²) in [5.41, 5.74) is 3.73. The third-order valence-electron chi connectivity index (χ3n) is 7.45. The molecule has 2 heterocycles.